The minimum Gasteiger partial charge on any atom is -0.393 e. The fourth-order valence-corrected chi connectivity index (χ4v) is 2.33. The molecule has 1 aromatic carbocycles. The molecule has 1 aliphatic heterocycles. The minimum atomic E-state index is -0.258. The zero-order valence-electron chi connectivity index (χ0n) is 9.99. The quantitative estimate of drug-likeness (QED) is 0.850. The van der Waals surface area contributed by atoms with E-state index in [0.717, 1.165) is 17.7 Å². The predicted octanol–water partition coefficient (Wildman–Crippen LogP) is 2.17. The van der Waals surface area contributed by atoms with Crippen LogP contribution in [0, 0.1) is 5.82 Å². The van der Waals surface area contributed by atoms with Crippen LogP contribution in [0.25, 0.3) is 0 Å². The van der Waals surface area contributed by atoms with Gasteiger partial charge in [0.15, 0.2) is 0 Å². The van der Waals surface area contributed by atoms with Crippen molar-refractivity contribution in [3.05, 3.63) is 29.6 Å². The van der Waals surface area contributed by atoms with Crippen LogP contribution in [-0.4, -0.2) is 17.4 Å². The summed E-state index contributed by atoms with van der Waals surface area (Å²) in [4.78, 5) is 14.0. The molecule has 5 heteroatoms. The SMILES string of the molecule is NC(=S)CCCN1C(=O)CCc2cc(F)ccc21. The first-order chi connectivity index (χ1) is 8.58. The molecule has 0 radical (unpaired) electrons. The van der Waals surface area contributed by atoms with Crippen LogP contribution in [0.3, 0.4) is 0 Å². The van der Waals surface area contributed by atoms with Crippen molar-refractivity contribution in [1.29, 1.82) is 0 Å². The van der Waals surface area contributed by atoms with Gasteiger partial charge in [-0.2, -0.15) is 0 Å². The van der Waals surface area contributed by atoms with Gasteiger partial charge in [-0.05, 0) is 43.0 Å². The van der Waals surface area contributed by atoms with E-state index in [9.17, 15) is 9.18 Å². The van der Waals surface area contributed by atoms with Gasteiger partial charge in [0.1, 0.15) is 5.82 Å². The van der Waals surface area contributed by atoms with E-state index in [0.29, 0.717) is 30.8 Å². The Balaban J connectivity index is 2.15. The molecular weight excluding hydrogens is 251 g/mol. The van der Waals surface area contributed by atoms with E-state index in [4.69, 9.17) is 18.0 Å². The maximum Gasteiger partial charge on any atom is 0.227 e. The lowest BCUT2D eigenvalue weighted by Gasteiger charge is -2.29. The lowest BCUT2D eigenvalue weighted by Crippen LogP contribution is -2.36. The summed E-state index contributed by atoms with van der Waals surface area (Å²) in [5, 5.41) is 0. The van der Waals surface area contributed by atoms with Crippen LogP contribution in [0.2, 0.25) is 0 Å². The lowest BCUT2D eigenvalue weighted by molar-refractivity contribution is -0.118. The summed E-state index contributed by atoms with van der Waals surface area (Å²) >= 11 is 4.81. The van der Waals surface area contributed by atoms with Crippen LogP contribution in [0.1, 0.15) is 24.8 Å². The van der Waals surface area contributed by atoms with Gasteiger partial charge in [-0.15, -0.1) is 0 Å². The van der Waals surface area contributed by atoms with Gasteiger partial charge in [-0.25, -0.2) is 4.39 Å². The number of carbonyl (C=O) groups is 1. The smallest absolute Gasteiger partial charge is 0.227 e. The second-order valence-corrected chi connectivity index (χ2v) is 4.91. The number of fused-ring (bicyclic) bond motifs is 1. The number of hydrogen-bond donors (Lipinski definition) is 1. The van der Waals surface area contributed by atoms with E-state index >= 15 is 0 Å². The maximum absolute atomic E-state index is 13.1. The van der Waals surface area contributed by atoms with Crippen LogP contribution < -0.4 is 10.6 Å². The first-order valence-electron chi connectivity index (χ1n) is 5.95. The number of aryl methyl sites for hydroxylation is 1. The van der Waals surface area contributed by atoms with Crippen molar-refractivity contribution >= 4 is 28.8 Å². The summed E-state index contributed by atoms with van der Waals surface area (Å²) < 4.78 is 13.1. The zero-order valence-corrected chi connectivity index (χ0v) is 10.8. The van der Waals surface area contributed by atoms with Gasteiger partial charge in [0, 0.05) is 18.7 Å². The minimum absolute atomic E-state index is 0.0806. The number of anilines is 1. The number of thiocarbonyl (C=S) groups is 1. The predicted molar refractivity (Wildman–Crippen MR) is 73.1 cm³/mol. The Hall–Kier alpha value is -1.49. The molecule has 1 amide bonds. The Morgan fingerprint density at radius 2 is 2.22 bits per heavy atom. The molecule has 1 aromatic rings. The Kier molecular flexibility index (Phi) is 3.91. The molecule has 2 N–H and O–H groups in total. The number of nitrogens with two attached hydrogens (primary N) is 1. The molecule has 0 aromatic heterocycles. The second-order valence-electron chi connectivity index (χ2n) is 4.39. The summed E-state index contributed by atoms with van der Waals surface area (Å²) in [6, 6.07) is 4.56. The average molecular weight is 266 g/mol. The van der Waals surface area contributed by atoms with Crippen LogP contribution >= 0.6 is 12.2 Å². The van der Waals surface area contributed by atoms with Crippen molar-refractivity contribution in [2.75, 3.05) is 11.4 Å². The van der Waals surface area contributed by atoms with Crippen molar-refractivity contribution in [3.63, 3.8) is 0 Å². The third-order valence-electron chi connectivity index (χ3n) is 3.05. The van der Waals surface area contributed by atoms with Crippen molar-refractivity contribution < 1.29 is 9.18 Å². The first kappa shape index (κ1) is 13.0. The van der Waals surface area contributed by atoms with E-state index in [2.05, 4.69) is 0 Å². The molecule has 2 rings (SSSR count). The number of halogens is 1. The van der Waals surface area contributed by atoms with Crippen LogP contribution in [0.15, 0.2) is 18.2 Å². The van der Waals surface area contributed by atoms with E-state index in [1.165, 1.54) is 12.1 Å². The van der Waals surface area contributed by atoms with E-state index < -0.39 is 0 Å². The Bertz CT molecular complexity index is 490. The van der Waals surface area contributed by atoms with Crippen molar-refractivity contribution in [2.45, 2.75) is 25.7 Å². The number of amides is 1. The van der Waals surface area contributed by atoms with Crippen LogP contribution in [0.5, 0.6) is 0 Å². The molecule has 0 spiro atoms. The van der Waals surface area contributed by atoms with Gasteiger partial charge in [0.2, 0.25) is 5.91 Å². The first-order valence-corrected chi connectivity index (χ1v) is 6.36. The molecule has 0 unspecified atom stereocenters. The highest BCUT2D eigenvalue weighted by Gasteiger charge is 2.23. The number of nitrogens with zero attached hydrogens (tertiary/aromatic N) is 1. The Morgan fingerprint density at radius 1 is 1.44 bits per heavy atom. The molecule has 96 valence electrons. The van der Waals surface area contributed by atoms with Gasteiger partial charge in [0.05, 0.1) is 4.99 Å². The highest BCUT2D eigenvalue weighted by molar-refractivity contribution is 7.80. The van der Waals surface area contributed by atoms with Gasteiger partial charge in [-0.1, -0.05) is 12.2 Å². The molecule has 0 saturated carbocycles. The summed E-state index contributed by atoms with van der Waals surface area (Å²) in [6.07, 6.45) is 2.40. The van der Waals surface area contributed by atoms with Crippen molar-refractivity contribution in [3.8, 4) is 0 Å². The van der Waals surface area contributed by atoms with Crippen LogP contribution in [-0.2, 0) is 11.2 Å². The Labute approximate surface area is 111 Å². The highest BCUT2D eigenvalue weighted by atomic mass is 32.1. The maximum atomic E-state index is 13.1. The van der Waals surface area contributed by atoms with E-state index in [1.807, 2.05) is 0 Å². The molecule has 0 bridgehead atoms. The largest absolute Gasteiger partial charge is 0.393 e. The summed E-state index contributed by atoms with van der Waals surface area (Å²) in [5.41, 5.74) is 7.14. The third-order valence-corrected chi connectivity index (χ3v) is 3.25. The lowest BCUT2D eigenvalue weighted by atomic mass is 10.0. The zero-order chi connectivity index (χ0) is 13.1. The monoisotopic (exact) mass is 266 g/mol. The molecule has 18 heavy (non-hydrogen) atoms. The number of carbonyl (C=O) groups excluding carboxylic acids is 1. The van der Waals surface area contributed by atoms with Gasteiger partial charge >= 0.3 is 0 Å². The molecular formula is C13H15FN2OS. The highest BCUT2D eigenvalue weighted by Crippen LogP contribution is 2.28. The number of hydrogen-bond acceptors (Lipinski definition) is 2. The molecule has 0 aliphatic carbocycles. The summed E-state index contributed by atoms with van der Waals surface area (Å²) in [6.45, 7) is 0.578. The summed E-state index contributed by atoms with van der Waals surface area (Å²) in [7, 11) is 0. The van der Waals surface area contributed by atoms with Crippen molar-refractivity contribution in [2.24, 2.45) is 5.73 Å². The number of rotatable bonds is 4. The average Bonchev–Trinajstić information content (AvgIpc) is 2.31. The normalized spacial score (nSPS) is 14.5. The molecule has 0 atom stereocenters. The van der Waals surface area contributed by atoms with E-state index in [1.54, 1.807) is 11.0 Å². The van der Waals surface area contributed by atoms with Gasteiger partial charge < -0.3 is 10.6 Å². The topological polar surface area (TPSA) is 46.3 Å². The molecule has 0 saturated heterocycles. The molecule has 1 heterocycles. The number of benzene rings is 1. The second kappa shape index (κ2) is 5.44. The van der Waals surface area contributed by atoms with Gasteiger partial charge in [0.25, 0.3) is 0 Å². The molecule has 3 nitrogen and oxygen atoms in total. The fourth-order valence-electron chi connectivity index (χ4n) is 2.19. The Morgan fingerprint density at radius 3 is 2.94 bits per heavy atom. The van der Waals surface area contributed by atoms with E-state index in [-0.39, 0.29) is 11.7 Å². The van der Waals surface area contributed by atoms with Crippen molar-refractivity contribution in [1.82, 2.24) is 0 Å². The standard InChI is InChI=1S/C13H15FN2OS/c14-10-4-5-11-9(8-10)3-6-13(17)16(11)7-1-2-12(15)18/h4-5,8H,1-3,6-7H2,(H2,15,18). The van der Waals surface area contributed by atoms with Crippen LogP contribution in [0.4, 0.5) is 10.1 Å². The summed E-state index contributed by atoms with van der Waals surface area (Å²) in [5.74, 6) is -0.178. The molecule has 0 fully saturated rings. The fraction of sp³-hybridized carbons (Fsp3) is 0.385. The van der Waals surface area contributed by atoms with Gasteiger partial charge in [-0.3, -0.25) is 4.79 Å². The molecule has 1 aliphatic rings. The third kappa shape index (κ3) is 2.85.